The van der Waals surface area contributed by atoms with E-state index in [1.54, 1.807) is 6.07 Å². The van der Waals surface area contributed by atoms with Gasteiger partial charge in [-0.1, -0.05) is 6.07 Å². The van der Waals surface area contributed by atoms with Crippen molar-refractivity contribution in [1.82, 2.24) is 14.6 Å². The molecule has 2 rings (SSSR count). The van der Waals surface area contributed by atoms with Crippen molar-refractivity contribution < 1.29 is 13.5 Å². The van der Waals surface area contributed by atoms with Crippen LogP contribution in [0.3, 0.4) is 0 Å². The van der Waals surface area contributed by atoms with Gasteiger partial charge in [0.15, 0.2) is 5.03 Å². The molecule has 0 spiro atoms. The van der Waals surface area contributed by atoms with Crippen LogP contribution in [0.1, 0.15) is 24.8 Å². The van der Waals surface area contributed by atoms with Gasteiger partial charge < -0.3 is 10.0 Å². The number of likely N-dealkylation sites (tertiary alicyclic amines) is 1. The molecular formula is C13H21N3O3S. The fourth-order valence-electron chi connectivity index (χ4n) is 2.25. The summed E-state index contributed by atoms with van der Waals surface area (Å²) in [5.74, 6) is 0. The molecule has 0 unspecified atom stereocenters. The van der Waals surface area contributed by atoms with E-state index in [0.29, 0.717) is 12.1 Å². The van der Waals surface area contributed by atoms with Gasteiger partial charge in [-0.2, -0.15) is 0 Å². The van der Waals surface area contributed by atoms with E-state index in [-0.39, 0.29) is 11.6 Å². The lowest BCUT2D eigenvalue weighted by atomic mass is 10.3. The van der Waals surface area contributed by atoms with Crippen LogP contribution in [-0.2, 0) is 16.6 Å². The van der Waals surface area contributed by atoms with Crippen LogP contribution >= 0.6 is 0 Å². The molecule has 1 saturated heterocycles. The minimum Gasteiger partial charge on any atom is -0.392 e. The summed E-state index contributed by atoms with van der Waals surface area (Å²) in [6.07, 6.45) is 4.66. The van der Waals surface area contributed by atoms with Crippen LogP contribution in [0.4, 0.5) is 0 Å². The Morgan fingerprint density at radius 3 is 2.65 bits per heavy atom. The van der Waals surface area contributed by atoms with Crippen molar-refractivity contribution in [3.05, 3.63) is 23.9 Å². The molecule has 7 heteroatoms. The molecule has 1 aromatic rings. The summed E-state index contributed by atoms with van der Waals surface area (Å²) in [5, 5.41) is 8.89. The highest BCUT2D eigenvalue weighted by Gasteiger charge is 2.15. The average Bonchev–Trinajstić information content (AvgIpc) is 2.97. The summed E-state index contributed by atoms with van der Waals surface area (Å²) in [4.78, 5) is 6.21. The smallest absolute Gasteiger partial charge is 0.258 e. The first kappa shape index (κ1) is 15.4. The number of pyridine rings is 1. The Bertz CT molecular complexity index is 510. The molecular weight excluding hydrogens is 278 g/mol. The molecule has 0 bridgehead atoms. The van der Waals surface area contributed by atoms with Gasteiger partial charge >= 0.3 is 0 Å². The van der Waals surface area contributed by atoms with Gasteiger partial charge in [-0.3, -0.25) is 0 Å². The number of nitrogens with zero attached hydrogens (tertiary/aromatic N) is 2. The van der Waals surface area contributed by atoms with Crippen LogP contribution in [0.5, 0.6) is 0 Å². The number of aromatic nitrogens is 1. The number of sulfonamides is 1. The second kappa shape index (κ2) is 7.12. The van der Waals surface area contributed by atoms with Gasteiger partial charge in [-0.25, -0.2) is 18.1 Å². The Morgan fingerprint density at radius 1 is 1.30 bits per heavy atom. The van der Waals surface area contributed by atoms with Gasteiger partial charge in [0.2, 0.25) is 0 Å². The van der Waals surface area contributed by atoms with Crippen LogP contribution < -0.4 is 4.72 Å². The maximum absolute atomic E-state index is 12.0. The van der Waals surface area contributed by atoms with Crippen molar-refractivity contribution in [3.8, 4) is 0 Å². The monoisotopic (exact) mass is 299 g/mol. The summed E-state index contributed by atoms with van der Waals surface area (Å²) >= 11 is 0. The van der Waals surface area contributed by atoms with Crippen molar-refractivity contribution in [2.24, 2.45) is 0 Å². The summed E-state index contributed by atoms with van der Waals surface area (Å²) in [7, 11) is -3.54. The van der Waals surface area contributed by atoms with E-state index in [2.05, 4.69) is 14.6 Å². The average molecular weight is 299 g/mol. The molecule has 0 aromatic carbocycles. The third-order valence-electron chi connectivity index (χ3n) is 3.40. The van der Waals surface area contributed by atoms with Crippen LogP contribution in [0.25, 0.3) is 0 Å². The number of rotatable bonds is 7. The Hall–Kier alpha value is -1.02. The van der Waals surface area contributed by atoms with E-state index >= 15 is 0 Å². The lowest BCUT2D eigenvalue weighted by molar-refractivity contribution is 0.281. The van der Waals surface area contributed by atoms with E-state index in [9.17, 15) is 8.42 Å². The summed E-state index contributed by atoms with van der Waals surface area (Å²) in [6, 6.07) is 2.97. The molecule has 2 heterocycles. The van der Waals surface area contributed by atoms with Gasteiger partial charge in [0.1, 0.15) is 0 Å². The third kappa shape index (κ3) is 4.24. The molecule has 1 aliphatic heterocycles. The Kier molecular flexibility index (Phi) is 5.47. The number of hydrogen-bond donors (Lipinski definition) is 2. The van der Waals surface area contributed by atoms with Gasteiger partial charge in [0.05, 0.1) is 6.61 Å². The highest BCUT2D eigenvalue weighted by Crippen LogP contribution is 2.08. The van der Waals surface area contributed by atoms with Gasteiger partial charge in [0, 0.05) is 12.7 Å². The molecule has 0 atom stereocenters. The van der Waals surface area contributed by atoms with E-state index in [1.807, 2.05) is 0 Å². The molecule has 1 aromatic heterocycles. The standard InChI is InChI=1S/C13H21N3O3S/c17-11-12-4-5-13(14-10-12)20(18,19)15-6-3-9-16-7-1-2-8-16/h4-5,10,15,17H,1-3,6-9,11H2. The van der Waals surface area contributed by atoms with E-state index in [4.69, 9.17) is 5.11 Å². The topological polar surface area (TPSA) is 82.5 Å². The Balaban J connectivity index is 1.80. The fraction of sp³-hybridized carbons (Fsp3) is 0.615. The molecule has 1 aliphatic rings. The Morgan fingerprint density at radius 2 is 2.05 bits per heavy atom. The minimum atomic E-state index is -3.54. The van der Waals surface area contributed by atoms with Crippen LogP contribution in [0.15, 0.2) is 23.4 Å². The van der Waals surface area contributed by atoms with Gasteiger partial charge in [-0.05, 0) is 50.5 Å². The molecule has 0 aliphatic carbocycles. The first-order valence-corrected chi connectivity index (χ1v) is 8.38. The predicted molar refractivity (Wildman–Crippen MR) is 75.6 cm³/mol. The maximum Gasteiger partial charge on any atom is 0.258 e. The first-order chi connectivity index (χ1) is 9.62. The van der Waals surface area contributed by atoms with E-state index < -0.39 is 10.0 Å². The maximum atomic E-state index is 12.0. The van der Waals surface area contributed by atoms with Crippen molar-refractivity contribution in [2.75, 3.05) is 26.2 Å². The molecule has 0 radical (unpaired) electrons. The lowest BCUT2D eigenvalue weighted by Crippen LogP contribution is -2.29. The Labute approximate surface area is 119 Å². The largest absolute Gasteiger partial charge is 0.392 e. The number of aliphatic hydroxyl groups is 1. The minimum absolute atomic E-state index is 0.00382. The summed E-state index contributed by atoms with van der Waals surface area (Å²) in [6.45, 7) is 3.45. The number of hydrogen-bond acceptors (Lipinski definition) is 5. The molecule has 20 heavy (non-hydrogen) atoms. The third-order valence-corrected chi connectivity index (χ3v) is 4.77. The highest BCUT2D eigenvalue weighted by atomic mass is 32.2. The normalized spacial score (nSPS) is 16.6. The first-order valence-electron chi connectivity index (χ1n) is 6.89. The quantitative estimate of drug-likeness (QED) is 0.709. The second-order valence-corrected chi connectivity index (χ2v) is 6.68. The summed E-state index contributed by atoms with van der Waals surface area (Å²) in [5.41, 5.74) is 0.595. The highest BCUT2D eigenvalue weighted by molar-refractivity contribution is 7.89. The zero-order chi connectivity index (χ0) is 14.4. The zero-order valence-corrected chi connectivity index (χ0v) is 12.3. The number of aliphatic hydroxyl groups excluding tert-OH is 1. The van der Waals surface area contributed by atoms with Crippen LogP contribution in [-0.4, -0.2) is 49.6 Å². The molecule has 0 saturated carbocycles. The van der Waals surface area contributed by atoms with Crippen LogP contribution in [0.2, 0.25) is 0 Å². The van der Waals surface area contributed by atoms with Crippen molar-refractivity contribution in [2.45, 2.75) is 30.9 Å². The van der Waals surface area contributed by atoms with Crippen molar-refractivity contribution in [3.63, 3.8) is 0 Å². The predicted octanol–water partition coefficient (Wildman–Crippen LogP) is 0.338. The van der Waals surface area contributed by atoms with Crippen LogP contribution in [0, 0.1) is 0 Å². The molecule has 112 valence electrons. The van der Waals surface area contributed by atoms with Crippen molar-refractivity contribution >= 4 is 10.0 Å². The fourth-order valence-corrected chi connectivity index (χ4v) is 3.25. The molecule has 0 amide bonds. The SMILES string of the molecule is O=S(=O)(NCCCN1CCCC1)c1ccc(CO)cn1. The van der Waals surface area contributed by atoms with E-state index in [0.717, 1.165) is 26.1 Å². The van der Waals surface area contributed by atoms with E-state index in [1.165, 1.54) is 25.1 Å². The van der Waals surface area contributed by atoms with Gasteiger partial charge in [0.25, 0.3) is 10.0 Å². The number of nitrogens with one attached hydrogen (secondary N) is 1. The zero-order valence-electron chi connectivity index (χ0n) is 11.5. The molecule has 2 N–H and O–H groups in total. The summed E-state index contributed by atoms with van der Waals surface area (Å²) < 4.78 is 26.5. The molecule has 6 nitrogen and oxygen atoms in total. The molecule has 1 fully saturated rings. The van der Waals surface area contributed by atoms with Gasteiger partial charge in [-0.15, -0.1) is 0 Å². The lowest BCUT2D eigenvalue weighted by Gasteiger charge is -2.14. The van der Waals surface area contributed by atoms with Crippen molar-refractivity contribution in [1.29, 1.82) is 0 Å². The second-order valence-electron chi connectivity index (χ2n) is 4.96.